The standard InChI is InChI=1S/C5H7O4/c6-5(7)9-4-2-1-3-8-4/h4H,1-3H2. The molecule has 9 heavy (non-hydrogen) atoms. The average molecular weight is 131 g/mol. The van der Waals surface area contributed by atoms with Gasteiger partial charge in [-0.05, 0) is 6.42 Å². The highest BCUT2D eigenvalue weighted by Gasteiger charge is 2.19. The highest BCUT2D eigenvalue weighted by atomic mass is 16.8. The molecule has 0 saturated carbocycles. The van der Waals surface area contributed by atoms with Crippen molar-refractivity contribution >= 4 is 6.16 Å². The first-order valence-electron chi connectivity index (χ1n) is 2.78. The molecule has 0 spiro atoms. The lowest BCUT2D eigenvalue weighted by Crippen LogP contribution is -2.13. The van der Waals surface area contributed by atoms with Crippen LogP contribution in [0, 0.1) is 0 Å². The van der Waals surface area contributed by atoms with E-state index < -0.39 is 12.4 Å². The molecule has 1 atom stereocenters. The maximum absolute atomic E-state index is 9.74. The van der Waals surface area contributed by atoms with Crippen LogP contribution >= 0.6 is 0 Å². The van der Waals surface area contributed by atoms with Crippen molar-refractivity contribution < 1.29 is 19.4 Å². The van der Waals surface area contributed by atoms with Gasteiger partial charge in [0.2, 0.25) is 6.29 Å². The Balaban J connectivity index is 2.19. The first-order valence-corrected chi connectivity index (χ1v) is 2.78. The Morgan fingerprint density at radius 1 is 1.67 bits per heavy atom. The Morgan fingerprint density at radius 2 is 2.44 bits per heavy atom. The fourth-order valence-corrected chi connectivity index (χ4v) is 0.748. The van der Waals surface area contributed by atoms with Crippen molar-refractivity contribution in [3.05, 3.63) is 0 Å². The summed E-state index contributed by atoms with van der Waals surface area (Å²) in [5.41, 5.74) is 0. The molecule has 0 aromatic carbocycles. The van der Waals surface area contributed by atoms with Crippen molar-refractivity contribution in [2.75, 3.05) is 6.61 Å². The van der Waals surface area contributed by atoms with Crippen molar-refractivity contribution in [2.45, 2.75) is 19.1 Å². The van der Waals surface area contributed by atoms with Gasteiger partial charge in [-0.3, -0.25) is 0 Å². The minimum Gasteiger partial charge on any atom is -0.402 e. The molecule has 1 heterocycles. The van der Waals surface area contributed by atoms with Gasteiger partial charge in [0.05, 0.1) is 6.61 Å². The van der Waals surface area contributed by atoms with Crippen molar-refractivity contribution in [1.82, 2.24) is 0 Å². The third-order valence-electron chi connectivity index (χ3n) is 1.12. The molecular weight excluding hydrogens is 124 g/mol. The fourth-order valence-electron chi connectivity index (χ4n) is 0.748. The summed E-state index contributed by atoms with van der Waals surface area (Å²) in [5, 5.41) is 9.74. The Bertz CT molecular complexity index is 106. The molecule has 0 aromatic heterocycles. The smallest absolute Gasteiger partial charge is 0.402 e. The molecule has 4 heteroatoms. The van der Waals surface area contributed by atoms with E-state index in [0.29, 0.717) is 13.0 Å². The van der Waals surface area contributed by atoms with Crippen LogP contribution in [0.2, 0.25) is 0 Å². The van der Waals surface area contributed by atoms with Crippen LogP contribution in [0.5, 0.6) is 0 Å². The number of carbonyl (C=O) groups excluding carboxylic acids is 1. The zero-order valence-corrected chi connectivity index (χ0v) is 4.83. The van der Waals surface area contributed by atoms with Crippen LogP contribution < -0.4 is 0 Å². The molecular formula is C5H7O4. The van der Waals surface area contributed by atoms with Crippen molar-refractivity contribution in [1.29, 1.82) is 0 Å². The molecule has 1 unspecified atom stereocenters. The number of ether oxygens (including phenoxy) is 2. The van der Waals surface area contributed by atoms with Gasteiger partial charge in [-0.15, -0.1) is 0 Å². The Hall–Kier alpha value is -0.770. The van der Waals surface area contributed by atoms with Gasteiger partial charge in [0.15, 0.2) is 0 Å². The molecule has 1 aliphatic rings. The topological polar surface area (TPSA) is 55.4 Å². The first kappa shape index (κ1) is 6.35. The summed E-state index contributed by atoms with van der Waals surface area (Å²) in [7, 11) is 0. The van der Waals surface area contributed by atoms with E-state index in [9.17, 15) is 9.90 Å². The van der Waals surface area contributed by atoms with Crippen LogP contribution in [0.1, 0.15) is 12.8 Å². The maximum atomic E-state index is 9.74. The largest absolute Gasteiger partial charge is 0.552 e. The van der Waals surface area contributed by atoms with Gasteiger partial charge in [-0.25, -0.2) is 0 Å². The second kappa shape index (κ2) is 2.68. The van der Waals surface area contributed by atoms with Crippen LogP contribution in [0.3, 0.4) is 0 Å². The summed E-state index contributed by atoms with van der Waals surface area (Å²) in [6.07, 6.45) is -0.580. The fraction of sp³-hybridized carbons (Fsp3) is 0.800. The molecule has 51 valence electrons. The third kappa shape index (κ3) is 1.89. The van der Waals surface area contributed by atoms with Gasteiger partial charge < -0.3 is 9.47 Å². The van der Waals surface area contributed by atoms with Crippen molar-refractivity contribution in [3.63, 3.8) is 0 Å². The SMILES string of the molecule is [O]C(=O)OC1CCCO1. The molecule has 1 saturated heterocycles. The van der Waals surface area contributed by atoms with E-state index in [2.05, 4.69) is 4.74 Å². The minimum absolute atomic E-state index is 0.574. The lowest BCUT2D eigenvalue weighted by atomic mass is 10.4. The van der Waals surface area contributed by atoms with Gasteiger partial charge in [0, 0.05) is 6.42 Å². The molecule has 0 amide bonds. The molecule has 1 fully saturated rings. The van der Waals surface area contributed by atoms with Gasteiger partial charge in [-0.1, -0.05) is 0 Å². The van der Waals surface area contributed by atoms with Crippen molar-refractivity contribution in [3.8, 4) is 0 Å². The number of carbonyl (C=O) groups is 1. The molecule has 0 aromatic rings. The zero-order valence-electron chi connectivity index (χ0n) is 4.83. The van der Waals surface area contributed by atoms with E-state index in [1.807, 2.05) is 0 Å². The molecule has 1 rings (SSSR count). The number of hydrogen-bond donors (Lipinski definition) is 0. The lowest BCUT2D eigenvalue weighted by Gasteiger charge is -2.04. The first-order chi connectivity index (χ1) is 4.29. The molecule has 1 radical (unpaired) electrons. The van der Waals surface area contributed by atoms with E-state index in [4.69, 9.17) is 4.74 Å². The second-order valence-electron chi connectivity index (χ2n) is 1.81. The molecule has 4 nitrogen and oxygen atoms in total. The molecule has 0 bridgehead atoms. The Morgan fingerprint density at radius 3 is 2.89 bits per heavy atom. The molecule has 1 aliphatic heterocycles. The quantitative estimate of drug-likeness (QED) is 0.492. The van der Waals surface area contributed by atoms with Gasteiger partial charge in [-0.2, -0.15) is 9.90 Å². The van der Waals surface area contributed by atoms with Gasteiger partial charge in [0.1, 0.15) is 0 Å². The second-order valence-corrected chi connectivity index (χ2v) is 1.81. The number of hydrogen-bond acceptors (Lipinski definition) is 3. The summed E-state index contributed by atoms with van der Waals surface area (Å²) in [6, 6.07) is 0. The predicted octanol–water partition coefficient (Wildman–Crippen LogP) is 0.690. The lowest BCUT2D eigenvalue weighted by molar-refractivity contribution is -0.0903. The minimum atomic E-state index is -1.51. The summed E-state index contributed by atoms with van der Waals surface area (Å²) in [5.74, 6) is 0. The monoisotopic (exact) mass is 131 g/mol. The van der Waals surface area contributed by atoms with E-state index >= 15 is 0 Å². The Labute approximate surface area is 52.4 Å². The van der Waals surface area contributed by atoms with Crippen LogP contribution in [-0.4, -0.2) is 19.1 Å². The van der Waals surface area contributed by atoms with Crippen LogP contribution in [0.25, 0.3) is 0 Å². The van der Waals surface area contributed by atoms with Gasteiger partial charge >= 0.3 is 6.16 Å². The van der Waals surface area contributed by atoms with Crippen LogP contribution in [-0.2, 0) is 14.6 Å². The van der Waals surface area contributed by atoms with E-state index in [-0.39, 0.29) is 0 Å². The maximum Gasteiger partial charge on any atom is 0.552 e. The summed E-state index contributed by atoms with van der Waals surface area (Å²) in [4.78, 5) is 9.74. The molecule has 0 aliphatic carbocycles. The van der Waals surface area contributed by atoms with Gasteiger partial charge in [0.25, 0.3) is 0 Å². The predicted molar refractivity (Wildman–Crippen MR) is 26.1 cm³/mol. The number of rotatable bonds is 1. The van der Waals surface area contributed by atoms with E-state index in [0.717, 1.165) is 6.42 Å². The van der Waals surface area contributed by atoms with E-state index in [1.54, 1.807) is 0 Å². The highest BCUT2D eigenvalue weighted by molar-refractivity contribution is 5.56. The van der Waals surface area contributed by atoms with Crippen LogP contribution in [0.4, 0.5) is 4.79 Å². The van der Waals surface area contributed by atoms with Crippen LogP contribution in [0.15, 0.2) is 0 Å². The highest BCUT2D eigenvalue weighted by Crippen LogP contribution is 2.12. The normalized spacial score (nSPS) is 26.0. The molecule has 0 N–H and O–H groups in total. The summed E-state index contributed by atoms with van der Waals surface area (Å²) in [6.45, 7) is 0.581. The van der Waals surface area contributed by atoms with Crippen molar-refractivity contribution in [2.24, 2.45) is 0 Å². The zero-order chi connectivity index (χ0) is 6.69. The Kier molecular flexibility index (Phi) is 1.89. The summed E-state index contributed by atoms with van der Waals surface area (Å²) >= 11 is 0. The summed E-state index contributed by atoms with van der Waals surface area (Å²) < 4.78 is 9.02. The average Bonchev–Trinajstić information content (AvgIpc) is 2.15. The third-order valence-corrected chi connectivity index (χ3v) is 1.12. The van der Waals surface area contributed by atoms with E-state index in [1.165, 1.54) is 0 Å².